The first kappa shape index (κ1) is 8.91. The predicted molar refractivity (Wildman–Crippen MR) is 53.0 cm³/mol. The molecule has 1 aliphatic heterocycles. The molecule has 0 saturated carbocycles. The van der Waals surface area contributed by atoms with Gasteiger partial charge < -0.3 is 10.4 Å². The summed E-state index contributed by atoms with van der Waals surface area (Å²) >= 11 is 11.6. The minimum Gasteiger partial charge on any atom is -0.506 e. The normalized spacial score (nSPS) is 27.4. The second-order valence-electron chi connectivity index (χ2n) is 2.91. The Hall–Kier alpha value is -0.670. The average Bonchev–Trinajstić information content (AvgIpc) is 2.07. The van der Waals surface area contributed by atoms with E-state index in [9.17, 15) is 5.11 Å². The van der Waals surface area contributed by atoms with Gasteiger partial charge in [-0.05, 0) is 36.1 Å². The van der Waals surface area contributed by atoms with Crippen LogP contribution >= 0.6 is 23.2 Å². The third-order valence-corrected chi connectivity index (χ3v) is 2.62. The molecule has 13 heavy (non-hydrogen) atoms. The highest BCUT2D eigenvalue weighted by atomic mass is 35.5. The van der Waals surface area contributed by atoms with Gasteiger partial charge in [-0.1, -0.05) is 11.6 Å². The summed E-state index contributed by atoms with van der Waals surface area (Å²) in [6.07, 6.45) is 3.35. The summed E-state index contributed by atoms with van der Waals surface area (Å²) in [5.41, 5.74) is 1.08. The maximum absolute atomic E-state index is 9.51. The molecule has 0 spiro atoms. The summed E-state index contributed by atoms with van der Waals surface area (Å²) in [7, 11) is 0. The second kappa shape index (κ2) is 3.24. The molecule has 0 aromatic rings. The molecule has 0 saturated heterocycles. The number of nitrogens with zero attached hydrogens (tertiary/aromatic N) is 1. The van der Waals surface area contributed by atoms with Crippen LogP contribution in [-0.2, 0) is 0 Å². The molecule has 3 nitrogen and oxygen atoms in total. The Bertz CT molecular complexity index is 333. The largest absolute Gasteiger partial charge is 0.506 e. The fourth-order valence-corrected chi connectivity index (χ4v) is 2.01. The summed E-state index contributed by atoms with van der Waals surface area (Å²) in [4.78, 5) is 3.94. The zero-order chi connectivity index (χ0) is 9.42. The van der Waals surface area contributed by atoms with Crippen LogP contribution in [0.15, 0.2) is 28.1 Å². The zero-order valence-corrected chi connectivity index (χ0v) is 8.23. The number of hydrogen-bond acceptors (Lipinski definition) is 3. The van der Waals surface area contributed by atoms with Crippen molar-refractivity contribution in [3.05, 3.63) is 23.1 Å². The molecule has 0 bridgehead atoms. The van der Waals surface area contributed by atoms with Crippen LogP contribution < -0.4 is 5.32 Å². The van der Waals surface area contributed by atoms with Crippen LogP contribution in [0.25, 0.3) is 0 Å². The number of aliphatic imine (C=N–C) groups is 1. The minimum absolute atomic E-state index is 0.208. The van der Waals surface area contributed by atoms with Crippen LogP contribution in [0.3, 0.4) is 0 Å². The third-order valence-electron chi connectivity index (χ3n) is 2.07. The average molecular weight is 219 g/mol. The summed E-state index contributed by atoms with van der Waals surface area (Å²) in [6, 6.07) is 0. The SMILES string of the molecule is OC1=CCCC2=C1NC(Cl)=NC2Cl. The molecule has 0 fully saturated rings. The summed E-state index contributed by atoms with van der Waals surface area (Å²) in [5, 5.41) is 12.5. The zero-order valence-electron chi connectivity index (χ0n) is 6.72. The molecule has 0 aromatic heterocycles. The molecule has 1 unspecified atom stereocenters. The number of aliphatic hydroxyl groups is 1. The van der Waals surface area contributed by atoms with Crippen LogP contribution in [-0.4, -0.2) is 15.9 Å². The highest BCUT2D eigenvalue weighted by Gasteiger charge is 2.25. The lowest BCUT2D eigenvalue weighted by atomic mass is 10.00. The first-order valence-electron chi connectivity index (χ1n) is 3.95. The molecule has 1 atom stereocenters. The van der Waals surface area contributed by atoms with Crippen molar-refractivity contribution in [1.29, 1.82) is 0 Å². The summed E-state index contributed by atoms with van der Waals surface area (Å²) in [5.74, 6) is 0.208. The molecule has 1 heterocycles. The molecule has 1 aliphatic carbocycles. The molecular weight excluding hydrogens is 211 g/mol. The van der Waals surface area contributed by atoms with Crippen molar-refractivity contribution in [1.82, 2.24) is 5.32 Å². The van der Waals surface area contributed by atoms with Gasteiger partial charge in [-0.2, -0.15) is 0 Å². The van der Waals surface area contributed by atoms with E-state index in [0.717, 1.165) is 18.4 Å². The Balaban J connectivity index is 2.37. The van der Waals surface area contributed by atoms with Crippen LogP contribution in [0.4, 0.5) is 0 Å². The Kier molecular flexibility index (Phi) is 2.22. The first-order valence-corrected chi connectivity index (χ1v) is 4.77. The van der Waals surface area contributed by atoms with Crippen molar-refractivity contribution in [3.63, 3.8) is 0 Å². The van der Waals surface area contributed by atoms with E-state index in [1.807, 2.05) is 0 Å². The van der Waals surface area contributed by atoms with E-state index in [-0.39, 0.29) is 11.1 Å². The maximum atomic E-state index is 9.51. The van der Waals surface area contributed by atoms with E-state index in [4.69, 9.17) is 23.2 Å². The highest BCUT2D eigenvalue weighted by Crippen LogP contribution is 2.30. The van der Waals surface area contributed by atoms with E-state index >= 15 is 0 Å². The molecule has 70 valence electrons. The van der Waals surface area contributed by atoms with Gasteiger partial charge in [0.1, 0.15) is 5.76 Å². The van der Waals surface area contributed by atoms with Gasteiger partial charge in [0, 0.05) is 0 Å². The number of halogens is 2. The number of aliphatic hydroxyl groups excluding tert-OH is 1. The number of hydrogen-bond donors (Lipinski definition) is 2. The van der Waals surface area contributed by atoms with Gasteiger partial charge in [0.05, 0.1) is 5.70 Å². The number of amidine groups is 1. The molecule has 0 aromatic carbocycles. The quantitative estimate of drug-likeness (QED) is 0.484. The van der Waals surface area contributed by atoms with Crippen molar-refractivity contribution in [2.75, 3.05) is 0 Å². The van der Waals surface area contributed by atoms with Crippen LogP contribution in [0.1, 0.15) is 12.8 Å². The smallest absolute Gasteiger partial charge is 0.197 e. The topological polar surface area (TPSA) is 44.6 Å². The lowest BCUT2D eigenvalue weighted by molar-refractivity contribution is 0.408. The number of nitrogens with one attached hydrogen (secondary N) is 1. The van der Waals surface area contributed by atoms with Gasteiger partial charge in [0.15, 0.2) is 10.8 Å². The molecule has 2 rings (SSSR count). The van der Waals surface area contributed by atoms with Crippen molar-refractivity contribution in [2.45, 2.75) is 18.3 Å². The van der Waals surface area contributed by atoms with Crippen LogP contribution in [0.2, 0.25) is 0 Å². The van der Waals surface area contributed by atoms with Gasteiger partial charge in [0.2, 0.25) is 0 Å². The van der Waals surface area contributed by atoms with E-state index in [1.54, 1.807) is 6.08 Å². The Morgan fingerprint density at radius 3 is 3.15 bits per heavy atom. The minimum atomic E-state index is -0.445. The number of allylic oxidation sites excluding steroid dienone is 1. The van der Waals surface area contributed by atoms with Gasteiger partial charge in [-0.3, -0.25) is 0 Å². The van der Waals surface area contributed by atoms with E-state index in [0.29, 0.717) is 5.70 Å². The molecular formula is C8H8Cl2N2O. The van der Waals surface area contributed by atoms with Crippen LogP contribution in [0.5, 0.6) is 0 Å². The van der Waals surface area contributed by atoms with Crippen molar-refractivity contribution < 1.29 is 5.11 Å². The standard InChI is InChI=1S/C8H8Cl2N2O/c9-7-4-2-1-3-5(13)6(4)11-8(10)12-7/h3,7,13H,1-2H2,(H,11,12). The molecule has 2 N–H and O–H groups in total. The fourth-order valence-electron chi connectivity index (χ4n) is 1.45. The van der Waals surface area contributed by atoms with Gasteiger partial charge in [-0.15, -0.1) is 0 Å². The van der Waals surface area contributed by atoms with E-state index in [2.05, 4.69) is 10.3 Å². The predicted octanol–water partition coefficient (Wildman–Crippen LogP) is 2.24. The third kappa shape index (κ3) is 1.54. The number of alkyl halides is 1. The highest BCUT2D eigenvalue weighted by molar-refractivity contribution is 6.65. The molecule has 2 aliphatic rings. The Labute approximate surface area is 85.7 Å². The van der Waals surface area contributed by atoms with Gasteiger partial charge in [0.25, 0.3) is 0 Å². The number of rotatable bonds is 0. The van der Waals surface area contributed by atoms with Crippen molar-refractivity contribution in [3.8, 4) is 0 Å². The van der Waals surface area contributed by atoms with E-state index < -0.39 is 5.50 Å². The maximum Gasteiger partial charge on any atom is 0.197 e. The lowest BCUT2D eigenvalue weighted by Gasteiger charge is -2.24. The Morgan fingerprint density at radius 2 is 2.38 bits per heavy atom. The van der Waals surface area contributed by atoms with Crippen molar-refractivity contribution in [2.24, 2.45) is 4.99 Å². The van der Waals surface area contributed by atoms with Gasteiger partial charge >= 0.3 is 0 Å². The molecule has 5 heteroatoms. The molecule has 0 radical (unpaired) electrons. The summed E-state index contributed by atoms with van der Waals surface area (Å²) < 4.78 is 0. The second-order valence-corrected chi connectivity index (χ2v) is 3.68. The summed E-state index contributed by atoms with van der Waals surface area (Å²) in [6.45, 7) is 0. The van der Waals surface area contributed by atoms with Crippen LogP contribution in [0, 0.1) is 0 Å². The van der Waals surface area contributed by atoms with Gasteiger partial charge in [-0.25, -0.2) is 4.99 Å². The molecule has 0 amide bonds. The van der Waals surface area contributed by atoms with Crippen molar-refractivity contribution >= 4 is 28.5 Å². The fraction of sp³-hybridized carbons (Fsp3) is 0.375. The first-order chi connectivity index (χ1) is 6.18. The lowest BCUT2D eigenvalue weighted by Crippen LogP contribution is -2.30. The monoisotopic (exact) mass is 218 g/mol. The Morgan fingerprint density at radius 1 is 1.62 bits per heavy atom. The van der Waals surface area contributed by atoms with E-state index in [1.165, 1.54) is 0 Å².